The second-order valence-electron chi connectivity index (χ2n) is 6.01. The van der Waals surface area contributed by atoms with Crippen molar-refractivity contribution in [2.75, 3.05) is 32.5 Å². The number of likely N-dealkylation sites (N-methyl/N-ethyl adjacent to an activating group) is 1. The van der Waals surface area contributed by atoms with E-state index in [1.807, 2.05) is 24.0 Å². The Balaban J connectivity index is 2.04. The van der Waals surface area contributed by atoms with Crippen LogP contribution in [0.25, 0.3) is 0 Å². The van der Waals surface area contributed by atoms with Crippen molar-refractivity contribution in [3.05, 3.63) is 26.6 Å². The molecule has 2 rings (SSSR count). The Kier molecular flexibility index (Phi) is 6.22. The normalized spacial score (nSPS) is 18.0. The van der Waals surface area contributed by atoms with Crippen molar-refractivity contribution in [2.45, 2.75) is 25.8 Å². The highest BCUT2D eigenvalue weighted by molar-refractivity contribution is 9.11. The minimum atomic E-state index is -0.194. The quantitative estimate of drug-likeness (QED) is 0.773. The molecule has 7 heteroatoms. The van der Waals surface area contributed by atoms with E-state index < -0.39 is 0 Å². The Hall–Kier alpha value is -0.920. The second kappa shape index (κ2) is 7.77. The number of carbonyl (C=O) groups excluding carboxylic acids is 2. The van der Waals surface area contributed by atoms with Gasteiger partial charge in [-0.15, -0.1) is 0 Å². The lowest BCUT2D eigenvalue weighted by atomic mass is 10.2. The molecule has 1 fully saturated rings. The lowest BCUT2D eigenvalue weighted by Gasteiger charge is -2.25. The maximum absolute atomic E-state index is 12.4. The third-order valence-electron chi connectivity index (χ3n) is 3.89. The summed E-state index contributed by atoms with van der Waals surface area (Å²) >= 11 is 6.95. The molecule has 0 aliphatic carbocycles. The second-order valence-corrected chi connectivity index (χ2v) is 7.72. The zero-order valence-corrected chi connectivity index (χ0v) is 16.7. The first kappa shape index (κ1) is 18.4. The fourth-order valence-electron chi connectivity index (χ4n) is 2.78. The summed E-state index contributed by atoms with van der Waals surface area (Å²) in [4.78, 5) is 28.1. The maximum Gasteiger partial charge on any atom is 0.239 e. The van der Waals surface area contributed by atoms with Gasteiger partial charge in [0.25, 0.3) is 0 Å². The molecule has 0 radical (unpaired) electrons. The third-order valence-corrected chi connectivity index (χ3v) is 5.14. The van der Waals surface area contributed by atoms with Crippen LogP contribution >= 0.6 is 31.9 Å². The van der Waals surface area contributed by atoms with Crippen molar-refractivity contribution in [1.29, 1.82) is 0 Å². The van der Waals surface area contributed by atoms with E-state index in [1.54, 1.807) is 19.0 Å². The number of carbonyl (C=O) groups is 2. The minimum Gasteiger partial charge on any atom is -0.347 e. The van der Waals surface area contributed by atoms with Crippen molar-refractivity contribution in [1.82, 2.24) is 9.80 Å². The number of rotatable bonds is 4. The van der Waals surface area contributed by atoms with Crippen molar-refractivity contribution < 1.29 is 9.59 Å². The first-order valence-electron chi connectivity index (χ1n) is 7.50. The maximum atomic E-state index is 12.4. The topological polar surface area (TPSA) is 52.7 Å². The summed E-state index contributed by atoms with van der Waals surface area (Å²) in [6.07, 6.45) is 1.75. The molecule has 0 saturated carbocycles. The van der Waals surface area contributed by atoms with Crippen LogP contribution in [0.15, 0.2) is 21.1 Å². The average molecular weight is 447 g/mol. The lowest BCUT2D eigenvalue weighted by molar-refractivity contribution is -0.133. The molecule has 1 unspecified atom stereocenters. The molecular formula is C16H21Br2N3O2. The van der Waals surface area contributed by atoms with E-state index in [0.29, 0.717) is 0 Å². The molecule has 1 heterocycles. The number of nitrogens with one attached hydrogen (secondary N) is 1. The summed E-state index contributed by atoms with van der Waals surface area (Å²) in [6, 6.07) is 3.71. The fourth-order valence-corrected chi connectivity index (χ4v) is 4.39. The van der Waals surface area contributed by atoms with Gasteiger partial charge in [-0.2, -0.15) is 0 Å². The molecule has 0 aromatic heterocycles. The van der Waals surface area contributed by atoms with Crippen molar-refractivity contribution in [2.24, 2.45) is 0 Å². The van der Waals surface area contributed by atoms with Gasteiger partial charge in [0, 0.05) is 23.0 Å². The van der Waals surface area contributed by atoms with Gasteiger partial charge in [-0.3, -0.25) is 14.5 Å². The van der Waals surface area contributed by atoms with E-state index in [9.17, 15) is 9.59 Å². The Morgan fingerprint density at radius 1 is 1.30 bits per heavy atom. The number of halogens is 2. The van der Waals surface area contributed by atoms with E-state index in [4.69, 9.17) is 0 Å². The number of aryl methyl sites for hydroxylation is 1. The van der Waals surface area contributed by atoms with Gasteiger partial charge in [0.2, 0.25) is 11.8 Å². The first-order valence-corrected chi connectivity index (χ1v) is 9.09. The summed E-state index contributed by atoms with van der Waals surface area (Å²) in [5.74, 6) is -0.0540. The number of likely N-dealkylation sites (tertiary alicyclic amines) is 1. The molecule has 0 spiro atoms. The van der Waals surface area contributed by atoms with Gasteiger partial charge in [0.15, 0.2) is 0 Å². The fraction of sp³-hybridized carbons (Fsp3) is 0.500. The Morgan fingerprint density at radius 2 is 1.91 bits per heavy atom. The predicted octanol–water partition coefficient (Wildman–Crippen LogP) is 3.01. The highest BCUT2D eigenvalue weighted by atomic mass is 79.9. The van der Waals surface area contributed by atoms with E-state index in [0.717, 1.165) is 39.6 Å². The molecule has 1 aromatic rings. The molecular weight excluding hydrogens is 426 g/mol. The number of benzene rings is 1. The molecule has 23 heavy (non-hydrogen) atoms. The highest BCUT2D eigenvalue weighted by Crippen LogP contribution is 2.32. The number of hydrogen-bond donors (Lipinski definition) is 1. The van der Waals surface area contributed by atoms with Crippen LogP contribution in [0.2, 0.25) is 0 Å². The highest BCUT2D eigenvalue weighted by Gasteiger charge is 2.32. The minimum absolute atomic E-state index is 0.0630. The molecule has 5 nitrogen and oxygen atoms in total. The molecule has 0 bridgehead atoms. The molecule has 1 N–H and O–H groups in total. The van der Waals surface area contributed by atoms with E-state index in [-0.39, 0.29) is 24.4 Å². The van der Waals surface area contributed by atoms with Gasteiger partial charge < -0.3 is 10.2 Å². The largest absolute Gasteiger partial charge is 0.347 e. The van der Waals surface area contributed by atoms with Crippen LogP contribution in [0.1, 0.15) is 18.4 Å². The molecule has 1 aliphatic rings. The van der Waals surface area contributed by atoms with Crippen LogP contribution in [0.5, 0.6) is 0 Å². The van der Waals surface area contributed by atoms with E-state index >= 15 is 0 Å². The van der Waals surface area contributed by atoms with Gasteiger partial charge in [-0.05, 0) is 75.9 Å². The SMILES string of the molecule is Cc1cc(Br)c(NC(=O)CN2CCCC2C(=O)N(C)C)c(Br)c1. The smallest absolute Gasteiger partial charge is 0.239 e. The zero-order chi connectivity index (χ0) is 17.1. The third kappa shape index (κ3) is 4.55. The number of hydrogen-bond acceptors (Lipinski definition) is 3. The van der Waals surface area contributed by atoms with Crippen LogP contribution in [-0.4, -0.2) is 54.8 Å². The molecule has 1 saturated heterocycles. The van der Waals surface area contributed by atoms with Crippen LogP contribution in [0, 0.1) is 6.92 Å². The Bertz CT molecular complexity index is 596. The zero-order valence-electron chi connectivity index (χ0n) is 13.5. The van der Waals surface area contributed by atoms with Crippen molar-refractivity contribution in [3.63, 3.8) is 0 Å². The standard InChI is InChI=1S/C16H21Br2N3O2/c1-10-7-11(17)15(12(18)8-10)19-14(22)9-21-6-4-5-13(21)16(23)20(2)3/h7-8,13H,4-6,9H2,1-3H3,(H,19,22). The van der Waals surface area contributed by atoms with Crippen molar-refractivity contribution >= 4 is 49.4 Å². The molecule has 1 atom stereocenters. The molecule has 1 aliphatic heterocycles. The summed E-state index contributed by atoms with van der Waals surface area (Å²) in [7, 11) is 3.50. The Labute approximate surface area is 153 Å². The average Bonchev–Trinajstić information content (AvgIpc) is 2.89. The Morgan fingerprint density at radius 3 is 2.48 bits per heavy atom. The number of nitrogens with zero attached hydrogens (tertiary/aromatic N) is 2. The lowest BCUT2D eigenvalue weighted by Crippen LogP contribution is -2.45. The molecule has 2 amide bonds. The molecule has 126 valence electrons. The van der Waals surface area contributed by atoms with Crippen LogP contribution in [-0.2, 0) is 9.59 Å². The summed E-state index contributed by atoms with van der Waals surface area (Å²) in [5.41, 5.74) is 1.81. The summed E-state index contributed by atoms with van der Waals surface area (Å²) in [6.45, 7) is 2.98. The summed E-state index contributed by atoms with van der Waals surface area (Å²) < 4.78 is 1.67. The van der Waals surface area contributed by atoms with E-state index in [2.05, 4.69) is 37.2 Å². The van der Waals surface area contributed by atoms with Crippen LogP contribution in [0.3, 0.4) is 0 Å². The van der Waals surface area contributed by atoms with Gasteiger partial charge in [0.1, 0.15) is 0 Å². The summed E-state index contributed by atoms with van der Waals surface area (Å²) in [5, 5.41) is 2.92. The predicted molar refractivity (Wildman–Crippen MR) is 98.5 cm³/mol. The van der Waals surface area contributed by atoms with Crippen LogP contribution in [0.4, 0.5) is 5.69 Å². The van der Waals surface area contributed by atoms with Gasteiger partial charge >= 0.3 is 0 Å². The van der Waals surface area contributed by atoms with Crippen LogP contribution < -0.4 is 5.32 Å². The monoisotopic (exact) mass is 445 g/mol. The number of anilines is 1. The van der Waals surface area contributed by atoms with E-state index in [1.165, 1.54) is 0 Å². The van der Waals surface area contributed by atoms with Gasteiger partial charge in [0.05, 0.1) is 18.3 Å². The van der Waals surface area contributed by atoms with Gasteiger partial charge in [-0.25, -0.2) is 0 Å². The van der Waals surface area contributed by atoms with Gasteiger partial charge in [-0.1, -0.05) is 0 Å². The molecule has 1 aromatic carbocycles. The first-order chi connectivity index (χ1) is 10.8. The number of amides is 2. The van der Waals surface area contributed by atoms with Crippen molar-refractivity contribution in [3.8, 4) is 0 Å².